The molecule has 1 aliphatic rings. The Labute approximate surface area is 112 Å². The first-order chi connectivity index (χ1) is 9.28. The number of hydrogen-bond donors (Lipinski definition) is 2. The Bertz CT molecular complexity index is 507. The standard InChI is InChI=1S/C15H16N2O2/c1-2-10-19-14-5-3-4-12(11-14)6-7-13-8-9-15(18)17-16-13/h1,3-7,11,13,16H,8-10H2,(H,17,18)/b7-6+. The van der Waals surface area contributed by atoms with Crippen molar-refractivity contribution in [2.45, 2.75) is 18.9 Å². The van der Waals surface area contributed by atoms with Crippen molar-refractivity contribution in [3.8, 4) is 18.1 Å². The Kier molecular flexibility index (Phi) is 4.60. The predicted molar refractivity (Wildman–Crippen MR) is 74.1 cm³/mol. The molecule has 0 bridgehead atoms. The molecule has 1 atom stereocenters. The lowest BCUT2D eigenvalue weighted by molar-refractivity contribution is -0.123. The van der Waals surface area contributed by atoms with E-state index in [9.17, 15) is 4.79 Å². The second-order valence-electron chi connectivity index (χ2n) is 4.26. The molecule has 0 saturated carbocycles. The van der Waals surface area contributed by atoms with Gasteiger partial charge in [-0.2, -0.15) is 0 Å². The van der Waals surface area contributed by atoms with E-state index in [1.165, 1.54) is 0 Å². The molecule has 0 radical (unpaired) electrons. The Morgan fingerprint density at radius 1 is 1.53 bits per heavy atom. The van der Waals surface area contributed by atoms with Gasteiger partial charge in [-0.05, 0) is 24.1 Å². The van der Waals surface area contributed by atoms with Gasteiger partial charge in [0.05, 0.1) is 0 Å². The lowest BCUT2D eigenvalue weighted by Gasteiger charge is -2.20. The first-order valence-electron chi connectivity index (χ1n) is 6.17. The third-order valence-electron chi connectivity index (χ3n) is 2.78. The van der Waals surface area contributed by atoms with E-state index in [0.717, 1.165) is 17.7 Å². The van der Waals surface area contributed by atoms with Crippen LogP contribution in [-0.4, -0.2) is 18.6 Å². The summed E-state index contributed by atoms with van der Waals surface area (Å²) in [5.74, 6) is 3.22. The SMILES string of the molecule is C#CCOc1cccc(/C=C/C2CCC(=O)NN2)c1. The Hall–Kier alpha value is -2.25. The highest BCUT2D eigenvalue weighted by atomic mass is 16.5. The molecular weight excluding hydrogens is 240 g/mol. The van der Waals surface area contributed by atoms with Crippen LogP contribution in [0.4, 0.5) is 0 Å². The number of terminal acetylenes is 1. The fraction of sp³-hybridized carbons (Fsp3) is 0.267. The number of amides is 1. The average molecular weight is 256 g/mol. The third-order valence-corrected chi connectivity index (χ3v) is 2.78. The molecule has 1 aliphatic heterocycles. The summed E-state index contributed by atoms with van der Waals surface area (Å²) < 4.78 is 5.36. The lowest BCUT2D eigenvalue weighted by Crippen LogP contribution is -2.48. The van der Waals surface area contributed by atoms with E-state index in [2.05, 4.69) is 16.8 Å². The molecule has 4 nitrogen and oxygen atoms in total. The van der Waals surface area contributed by atoms with Crippen LogP contribution in [0.25, 0.3) is 6.08 Å². The van der Waals surface area contributed by atoms with Gasteiger partial charge in [-0.15, -0.1) is 6.42 Å². The molecule has 0 spiro atoms. The topological polar surface area (TPSA) is 50.4 Å². The summed E-state index contributed by atoms with van der Waals surface area (Å²) >= 11 is 0. The van der Waals surface area contributed by atoms with Crippen LogP contribution in [0.2, 0.25) is 0 Å². The predicted octanol–water partition coefficient (Wildman–Crippen LogP) is 1.49. The number of ether oxygens (including phenoxy) is 1. The Morgan fingerprint density at radius 3 is 3.16 bits per heavy atom. The van der Waals surface area contributed by atoms with Crippen molar-refractivity contribution in [2.24, 2.45) is 0 Å². The van der Waals surface area contributed by atoms with Gasteiger partial charge in [-0.1, -0.05) is 30.2 Å². The van der Waals surface area contributed by atoms with Crippen molar-refractivity contribution < 1.29 is 9.53 Å². The molecule has 1 heterocycles. The third kappa shape index (κ3) is 4.16. The first kappa shape index (κ1) is 13.2. The van der Waals surface area contributed by atoms with Crippen molar-refractivity contribution in [3.63, 3.8) is 0 Å². The second-order valence-corrected chi connectivity index (χ2v) is 4.26. The van der Waals surface area contributed by atoms with E-state index in [0.29, 0.717) is 6.42 Å². The zero-order valence-electron chi connectivity index (χ0n) is 10.6. The molecule has 0 aliphatic carbocycles. The van der Waals surface area contributed by atoms with Gasteiger partial charge in [0.25, 0.3) is 0 Å². The lowest BCUT2D eigenvalue weighted by atomic mass is 10.1. The molecule has 1 fully saturated rings. The van der Waals surface area contributed by atoms with E-state index in [1.54, 1.807) is 0 Å². The number of hydrogen-bond acceptors (Lipinski definition) is 3. The van der Waals surface area contributed by atoms with E-state index < -0.39 is 0 Å². The Morgan fingerprint density at radius 2 is 2.42 bits per heavy atom. The summed E-state index contributed by atoms with van der Waals surface area (Å²) in [4.78, 5) is 11.0. The maximum Gasteiger partial charge on any atom is 0.234 e. The number of hydrazine groups is 1. The summed E-state index contributed by atoms with van der Waals surface area (Å²) in [5, 5.41) is 0. The van der Waals surface area contributed by atoms with Crippen molar-refractivity contribution in [2.75, 3.05) is 6.61 Å². The molecule has 98 valence electrons. The van der Waals surface area contributed by atoms with E-state index in [4.69, 9.17) is 11.2 Å². The summed E-state index contributed by atoms with van der Waals surface area (Å²) in [5.41, 5.74) is 6.60. The zero-order chi connectivity index (χ0) is 13.5. The minimum Gasteiger partial charge on any atom is -0.481 e. The van der Waals surface area contributed by atoms with Crippen LogP contribution in [-0.2, 0) is 4.79 Å². The van der Waals surface area contributed by atoms with Crippen LogP contribution in [0, 0.1) is 12.3 Å². The average Bonchev–Trinajstić information content (AvgIpc) is 2.45. The molecule has 0 aromatic heterocycles. The summed E-state index contributed by atoms with van der Waals surface area (Å²) in [6.07, 6.45) is 10.5. The zero-order valence-corrected chi connectivity index (χ0v) is 10.6. The smallest absolute Gasteiger partial charge is 0.234 e. The van der Waals surface area contributed by atoms with Crippen LogP contribution >= 0.6 is 0 Å². The van der Waals surface area contributed by atoms with Crippen molar-refractivity contribution in [3.05, 3.63) is 35.9 Å². The van der Waals surface area contributed by atoms with Crippen LogP contribution in [0.15, 0.2) is 30.3 Å². The van der Waals surface area contributed by atoms with Crippen LogP contribution in [0.3, 0.4) is 0 Å². The highest BCUT2D eigenvalue weighted by Gasteiger charge is 2.14. The van der Waals surface area contributed by atoms with Crippen LogP contribution < -0.4 is 15.6 Å². The fourth-order valence-electron chi connectivity index (χ4n) is 1.80. The molecule has 1 aromatic rings. The van der Waals surface area contributed by atoms with Crippen LogP contribution in [0.1, 0.15) is 18.4 Å². The summed E-state index contributed by atoms with van der Waals surface area (Å²) in [6.45, 7) is 0.267. The van der Waals surface area contributed by atoms with E-state index >= 15 is 0 Å². The van der Waals surface area contributed by atoms with Crippen molar-refractivity contribution >= 4 is 12.0 Å². The minimum absolute atomic E-state index is 0.0364. The van der Waals surface area contributed by atoms with Gasteiger partial charge in [-0.3, -0.25) is 10.2 Å². The van der Waals surface area contributed by atoms with Gasteiger partial charge in [0, 0.05) is 12.5 Å². The maximum absolute atomic E-state index is 11.0. The quantitative estimate of drug-likeness (QED) is 0.803. The summed E-state index contributed by atoms with van der Waals surface area (Å²) in [6, 6.07) is 7.86. The fourth-order valence-corrected chi connectivity index (χ4v) is 1.80. The van der Waals surface area contributed by atoms with Gasteiger partial charge in [0.1, 0.15) is 12.4 Å². The van der Waals surface area contributed by atoms with Gasteiger partial charge in [-0.25, -0.2) is 5.43 Å². The molecule has 1 unspecified atom stereocenters. The Balaban J connectivity index is 1.94. The first-order valence-corrected chi connectivity index (χ1v) is 6.17. The van der Waals surface area contributed by atoms with Gasteiger partial charge < -0.3 is 4.74 Å². The van der Waals surface area contributed by atoms with E-state index in [1.807, 2.05) is 36.4 Å². The number of rotatable bonds is 4. The number of carbonyl (C=O) groups is 1. The molecule has 19 heavy (non-hydrogen) atoms. The molecule has 2 rings (SSSR count). The van der Waals surface area contributed by atoms with Crippen LogP contribution in [0.5, 0.6) is 5.75 Å². The highest BCUT2D eigenvalue weighted by molar-refractivity contribution is 5.76. The monoisotopic (exact) mass is 256 g/mol. The minimum atomic E-state index is 0.0364. The summed E-state index contributed by atoms with van der Waals surface area (Å²) in [7, 11) is 0. The van der Waals surface area contributed by atoms with Gasteiger partial charge in [0.2, 0.25) is 5.91 Å². The van der Waals surface area contributed by atoms with Gasteiger partial charge in [0.15, 0.2) is 0 Å². The molecular formula is C15H16N2O2. The molecule has 1 amide bonds. The molecule has 2 N–H and O–H groups in total. The number of nitrogens with one attached hydrogen (secondary N) is 2. The molecule has 4 heteroatoms. The largest absolute Gasteiger partial charge is 0.481 e. The van der Waals surface area contributed by atoms with Gasteiger partial charge >= 0.3 is 0 Å². The van der Waals surface area contributed by atoms with Crippen molar-refractivity contribution in [1.82, 2.24) is 10.9 Å². The van der Waals surface area contributed by atoms with Crippen molar-refractivity contribution in [1.29, 1.82) is 0 Å². The molecule has 1 saturated heterocycles. The normalized spacial score (nSPS) is 18.9. The maximum atomic E-state index is 11.0. The van der Waals surface area contributed by atoms with E-state index in [-0.39, 0.29) is 18.6 Å². The molecule has 1 aromatic carbocycles. The highest BCUT2D eigenvalue weighted by Crippen LogP contribution is 2.15. The number of carbonyl (C=O) groups excluding carboxylic acids is 1. The second kappa shape index (κ2) is 6.62. The number of benzene rings is 1.